The van der Waals surface area contributed by atoms with Crippen LogP contribution in [0.4, 0.5) is 11.5 Å². The second-order valence-electron chi connectivity index (χ2n) is 6.21. The average molecular weight is 371 g/mol. The molecule has 1 amide bonds. The molecule has 2 N–H and O–H groups in total. The van der Waals surface area contributed by atoms with Gasteiger partial charge in [0.05, 0.1) is 13.2 Å². The van der Waals surface area contributed by atoms with E-state index in [0.29, 0.717) is 23.0 Å². The van der Waals surface area contributed by atoms with E-state index >= 15 is 0 Å². The van der Waals surface area contributed by atoms with Gasteiger partial charge in [-0.05, 0) is 24.3 Å². The van der Waals surface area contributed by atoms with E-state index < -0.39 is 0 Å². The van der Waals surface area contributed by atoms with Gasteiger partial charge in [0, 0.05) is 37.9 Å². The van der Waals surface area contributed by atoms with Crippen LogP contribution in [0, 0.1) is 0 Å². The Balaban J connectivity index is 1.28. The number of rotatable bonds is 6. The van der Waals surface area contributed by atoms with Crippen molar-refractivity contribution in [3.05, 3.63) is 36.0 Å². The summed E-state index contributed by atoms with van der Waals surface area (Å²) in [6.45, 7) is 5.34. The highest BCUT2D eigenvalue weighted by Gasteiger charge is 2.15. The molecule has 2 aliphatic heterocycles. The molecule has 0 unspecified atom stereocenters. The van der Waals surface area contributed by atoms with Crippen LogP contribution in [0.5, 0.6) is 11.5 Å². The van der Waals surface area contributed by atoms with Crippen LogP contribution < -0.4 is 20.1 Å². The lowest BCUT2D eigenvalue weighted by molar-refractivity contribution is 0.0398. The van der Waals surface area contributed by atoms with Gasteiger partial charge in [-0.2, -0.15) is 0 Å². The lowest BCUT2D eigenvalue weighted by atomic mass is 10.2. The second kappa shape index (κ2) is 8.19. The van der Waals surface area contributed by atoms with Gasteiger partial charge < -0.3 is 24.8 Å². The van der Waals surface area contributed by atoms with E-state index in [0.717, 1.165) is 39.4 Å². The zero-order valence-electron chi connectivity index (χ0n) is 14.8. The number of ether oxygens (including phenoxy) is 3. The van der Waals surface area contributed by atoms with E-state index in [1.807, 2.05) is 0 Å². The van der Waals surface area contributed by atoms with Crippen LogP contribution >= 0.6 is 0 Å². The molecule has 1 aromatic carbocycles. The quantitative estimate of drug-likeness (QED) is 0.782. The molecule has 3 heterocycles. The van der Waals surface area contributed by atoms with E-state index in [9.17, 15) is 4.79 Å². The number of hydrogen-bond acceptors (Lipinski definition) is 8. The predicted molar refractivity (Wildman–Crippen MR) is 98.3 cm³/mol. The van der Waals surface area contributed by atoms with Gasteiger partial charge >= 0.3 is 0 Å². The summed E-state index contributed by atoms with van der Waals surface area (Å²) in [5, 5.41) is 14.1. The number of benzene rings is 1. The van der Waals surface area contributed by atoms with Gasteiger partial charge in [0.1, 0.15) is 5.82 Å². The van der Waals surface area contributed by atoms with Crippen LogP contribution in [-0.4, -0.2) is 67.2 Å². The third kappa shape index (κ3) is 4.44. The van der Waals surface area contributed by atoms with Gasteiger partial charge in [-0.3, -0.25) is 9.69 Å². The van der Waals surface area contributed by atoms with Crippen molar-refractivity contribution in [2.75, 3.05) is 56.8 Å². The van der Waals surface area contributed by atoms with Crippen LogP contribution in [-0.2, 0) is 4.74 Å². The number of nitrogens with zero attached hydrogens (tertiary/aromatic N) is 3. The fourth-order valence-electron chi connectivity index (χ4n) is 2.88. The molecule has 4 rings (SSSR count). The van der Waals surface area contributed by atoms with Crippen molar-refractivity contribution in [1.29, 1.82) is 0 Å². The van der Waals surface area contributed by atoms with E-state index in [1.165, 1.54) is 0 Å². The van der Waals surface area contributed by atoms with Gasteiger partial charge in [0.15, 0.2) is 17.2 Å². The van der Waals surface area contributed by atoms with E-state index in [2.05, 4.69) is 25.7 Å². The molecule has 142 valence electrons. The molecular formula is C18H21N5O4. The Morgan fingerprint density at radius 3 is 2.74 bits per heavy atom. The average Bonchev–Trinajstić information content (AvgIpc) is 3.17. The first kappa shape index (κ1) is 17.5. The van der Waals surface area contributed by atoms with Crippen molar-refractivity contribution in [3.63, 3.8) is 0 Å². The number of hydrogen-bond donors (Lipinski definition) is 2. The van der Waals surface area contributed by atoms with Crippen molar-refractivity contribution in [2.45, 2.75) is 0 Å². The molecule has 0 saturated carbocycles. The predicted octanol–water partition coefficient (Wildman–Crippen LogP) is 1.20. The van der Waals surface area contributed by atoms with Gasteiger partial charge in [0.25, 0.3) is 5.91 Å². The summed E-state index contributed by atoms with van der Waals surface area (Å²) in [5.74, 6) is 1.59. The van der Waals surface area contributed by atoms with Crippen LogP contribution in [0.2, 0.25) is 0 Å². The Morgan fingerprint density at radius 1 is 1.07 bits per heavy atom. The van der Waals surface area contributed by atoms with Crippen LogP contribution in [0.1, 0.15) is 10.5 Å². The fraction of sp³-hybridized carbons (Fsp3) is 0.389. The Bertz CT molecular complexity index is 793. The number of fused-ring (bicyclic) bond motifs is 1. The number of amides is 1. The molecule has 0 atom stereocenters. The summed E-state index contributed by atoms with van der Waals surface area (Å²) in [6.07, 6.45) is 0. The smallest absolute Gasteiger partial charge is 0.276 e. The van der Waals surface area contributed by atoms with Crippen molar-refractivity contribution < 1.29 is 19.0 Å². The molecule has 2 aliphatic rings. The molecule has 0 bridgehead atoms. The normalized spacial score (nSPS) is 16.1. The molecule has 2 aromatic rings. The molecule has 1 fully saturated rings. The zero-order chi connectivity index (χ0) is 18.5. The first-order valence-corrected chi connectivity index (χ1v) is 8.87. The standard InChI is InChI=1S/C18H21N5O4/c24-18(20-13-1-3-15-16(11-13)27-12-26-15)14-2-4-17(22-21-14)19-5-6-23-7-9-25-10-8-23/h1-4,11H,5-10,12H2,(H,19,22)(H,20,24). The Kier molecular flexibility index (Phi) is 5.31. The van der Waals surface area contributed by atoms with Gasteiger partial charge in [-0.15, -0.1) is 10.2 Å². The molecule has 0 radical (unpaired) electrons. The number of aromatic nitrogens is 2. The molecule has 0 spiro atoms. The lowest BCUT2D eigenvalue weighted by Crippen LogP contribution is -2.39. The lowest BCUT2D eigenvalue weighted by Gasteiger charge is -2.26. The summed E-state index contributed by atoms with van der Waals surface area (Å²) >= 11 is 0. The Morgan fingerprint density at radius 2 is 1.93 bits per heavy atom. The van der Waals surface area contributed by atoms with Crippen molar-refractivity contribution in [3.8, 4) is 11.5 Å². The third-order valence-corrected chi connectivity index (χ3v) is 4.37. The van der Waals surface area contributed by atoms with E-state index in [1.54, 1.807) is 30.3 Å². The van der Waals surface area contributed by atoms with Crippen LogP contribution in [0.3, 0.4) is 0 Å². The highest BCUT2D eigenvalue weighted by molar-refractivity contribution is 6.02. The number of morpholine rings is 1. The fourth-order valence-corrected chi connectivity index (χ4v) is 2.88. The maximum absolute atomic E-state index is 12.3. The second-order valence-corrected chi connectivity index (χ2v) is 6.21. The maximum atomic E-state index is 12.3. The first-order chi connectivity index (χ1) is 13.3. The van der Waals surface area contributed by atoms with Crippen LogP contribution in [0.15, 0.2) is 30.3 Å². The topological polar surface area (TPSA) is 97.8 Å². The first-order valence-electron chi connectivity index (χ1n) is 8.87. The van der Waals surface area contributed by atoms with Crippen molar-refractivity contribution in [2.24, 2.45) is 0 Å². The molecule has 0 aliphatic carbocycles. The van der Waals surface area contributed by atoms with Gasteiger partial charge in [0.2, 0.25) is 6.79 Å². The summed E-state index contributed by atoms with van der Waals surface area (Å²) in [5.41, 5.74) is 0.852. The highest BCUT2D eigenvalue weighted by Crippen LogP contribution is 2.34. The summed E-state index contributed by atoms with van der Waals surface area (Å²) in [7, 11) is 0. The summed E-state index contributed by atoms with van der Waals surface area (Å²) in [6, 6.07) is 8.62. The van der Waals surface area contributed by atoms with Crippen LogP contribution in [0.25, 0.3) is 0 Å². The minimum absolute atomic E-state index is 0.193. The number of nitrogens with one attached hydrogen (secondary N) is 2. The third-order valence-electron chi connectivity index (χ3n) is 4.37. The van der Waals surface area contributed by atoms with E-state index in [-0.39, 0.29) is 18.4 Å². The summed E-state index contributed by atoms with van der Waals surface area (Å²) < 4.78 is 15.9. The maximum Gasteiger partial charge on any atom is 0.276 e. The van der Waals surface area contributed by atoms with E-state index in [4.69, 9.17) is 14.2 Å². The number of carbonyl (C=O) groups is 1. The van der Waals surface area contributed by atoms with Gasteiger partial charge in [-0.25, -0.2) is 0 Å². The molecule has 9 nitrogen and oxygen atoms in total. The molecule has 27 heavy (non-hydrogen) atoms. The minimum Gasteiger partial charge on any atom is -0.454 e. The number of carbonyl (C=O) groups excluding carboxylic acids is 1. The molecule has 1 aromatic heterocycles. The van der Waals surface area contributed by atoms with Crippen molar-refractivity contribution >= 4 is 17.4 Å². The SMILES string of the molecule is O=C(Nc1ccc2c(c1)OCO2)c1ccc(NCCN2CCOCC2)nn1. The molecular weight excluding hydrogens is 350 g/mol. The minimum atomic E-state index is -0.332. The van der Waals surface area contributed by atoms with Crippen molar-refractivity contribution in [1.82, 2.24) is 15.1 Å². The highest BCUT2D eigenvalue weighted by atomic mass is 16.7. The molecule has 9 heteroatoms. The zero-order valence-corrected chi connectivity index (χ0v) is 14.8. The molecule has 1 saturated heterocycles. The Labute approximate surface area is 156 Å². The Hall–Kier alpha value is -2.91. The number of anilines is 2. The largest absolute Gasteiger partial charge is 0.454 e. The van der Waals surface area contributed by atoms with Gasteiger partial charge in [-0.1, -0.05) is 0 Å². The summed E-state index contributed by atoms with van der Waals surface area (Å²) in [4.78, 5) is 14.7. The monoisotopic (exact) mass is 371 g/mol.